The average Bonchev–Trinajstić information content (AvgIpc) is 2.26. The Morgan fingerprint density at radius 2 is 2.00 bits per heavy atom. The van der Waals surface area contributed by atoms with Crippen LogP contribution in [0.25, 0.3) is 0 Å². The minimum atomic E-state index is 0.812. The fourth-order valence-corrected chi connectivity index (χ4v) is 1.54. The van der Waals surface area contributed by atoms with Gasteiger partial charge in [0.15, 0.2) is 0 Å². The van der Waals surface area contributed by atoms with E-state index in [-0.39, 0.29) is 0 Å². The third-order valence-corrected chi connectivity index (χ3v) is 2.62. The van der Waals surface area contributed by atoms with E-state index in [1.807, 2.05) is 6.92 Å². The van der Waals surface area contributed by atoms with E-state index in [2.05, 4.69) is 45.5 Å². The minimum absolute atomic E-state index is 0.812. The van der Waals surface area contributed by atoms with Gasteiger partial charge in [-0.25, -0.2) is 0 Å². The lowest BCUT2D eigenvalue weighted by molar-refractivity contribution is 0.144. The summed E-state index contributed by atoms with van der Waals surface area (Å²) in [5.41, 5.74) is 1.31. The van der Waals surface area contributed by atoms with Crippen LogP contribution in [0.5, 0.6) is 0 Å². The highest BCUT2D eigenvalue weighted by molar-refractivity contribution is 9.10. The molecule has 1 aromatic rings. The van der Waals surface area contributed by atoms with E-state index < -0.39 is 0 Å². The van der Waals surface area contributed by atoms with Crippen molar-refractivity contribution >= 4 is 15.9 Å². The summed E-state index contributed by atoms with van der Waals surface area (Å²) in [6.45, 7) is 5.63. The van der Waals surface area contributed by atoms with E-state index in [0.29, 0.717) is 0 Å². The third kappa shape index (κ3) is 5.92. The molecule has 1 aromatic carbocycles. The van der Waals surface area contributed by atoms with E-state index in [1.54, 1.807) is 0 Å². The molecule has 0 heterocycles. The predicted octanol–water partition coefficient (Wildman–Crippen LogP) is 2.97. The summed E-state index contributed by atoms with van der Waals surface area (Å²) in [5.74, 6) is 0. The molecule has 0 aliphatic heterocycles. The zero-order valence-electron chi connectivity index (χ0n) is 9.13. The number of rotatable bonds is 7. The van der Waals surface area contributed by atoms with Crippen LogP contribution < -0.4 is 5.32 Å². The number of hydrogen-bond acceptors (Lipinski definition) is 2. The van der Waals surface area contributed by atoms with E-state index in [9.17, 15) is 0 Å². The summed E-state index contributed by atoms with van der Waals surface area (Å²) in [6.07, 6.45) is 1.07. The quantitative estimate of drug-likeness (QED) is 0.770. The molecule has 1 rings (SSSR count). The smallest absolute Gasteiger partial charge is 0.0477 e. The first-order valence-corrected chi connectivity index (χ1v) is 6.15. The van der Waals surface area contributed by atoms with Crippen LogP contribution in [0, 0.1) is 0 Å². The standard InChI is InChI=1S/C12H18BrNO/c1-2-15-9-3-8-14-10-11-4-6-12(13)7-5-11/h4-7,14H,2-3,8-10H2,1H3. The number of benzene rings is 1. The number of halogens is 1. The van der Waals surface area contributed by atoms with Gasteiger partial charge in [-0.15, -0.1) is 0 Å². The van der Waals surface area contributed by atoms with Gasteiger partial charge in [-0.1, -0.05) is 28.1 Å². The molecule has 0 aliphatic carbocycles. The SMILES string of the molecule is CCOCCCNCc1ccc(Br)cc1. The van der Waals surface area contributed by atoms with Gasteiger partial charge in [0.2, 0.25) is 0 Å². The van der Waals surface area contributed by atoms with Crippen molar-refractivity contribution in [3.63, 3.8) is 0 Å². The van der Waals surface area contributed by atoms with Crippen LogP contribution in [-0.4, -0.2) is 19.8 Å². The van der Waals surface area contributed by atoms with Crippen molar-refractivity contribution in [2.45, 2.75) is 19.9 Å². The first-order valence-electron chi connectivity index (χ1n) is 5.36. The molecule has 84 valence electrons. The first kappa shape index (κ1) is 12.7. The van der Waals surface area contributed by atoms with E-state index in [4.69, 9.17) is 4.74 Å². The highest BCUT2D eigenvalue weighted by Crippen LogP contribution is 2.09. The maximum absolute atomic E-state index is 5.26. The topological polar surface area (TPSA) is 21.3 Å². The van der Waals surface area contributed by atoms with Gasteiger partial charge < -0.3 is 10.1 Å². The molecule has 15 heavy (non-hydrogen) atoms. The summed E-state index contributed by atoms with van der Waals surface area (Å²) < 4.78 is 6.38. The molecule has 0 fully saturated rings. The lowest BCUT2D eigenvalue weighted by Crippen LogP contribution is -2.16. The van der Waals surface area contributed by atoms with Crippen LogP contribution >= 0.6 is 15.9 Å². The number of hydrogen-bond donors (Lipinski definition) is 1. The molecule has 0 amide bonds. The van der Waals surface area contributed by atoms with Crippen molar-refractivity contribution in [1.82, 2.24) is 5.32 Å². The predicted molar refractivity (Wildman–Crippen MR) is 67.0 cm³/mol. The maximum atomic E-state index is 5.26. The first-order chi connectivity index (χ1) is 7.33. The summed E-state index contributed by atoms with van der Waals surface area (Å²) in [6, 6.07) is 8.38. The molecule has 0 unspecified atom stereocenters. The Kier molecular flexibility index (Phi) is 6.64. The molecule has 0 saturated carbocycles. The lowest BCUT2D eigenvalue weighted by atomic mass is 10.2. The van der Waals surface area contributed by atoms with Gasteiger partial charge in [-0.2, -0.15) is 0 Å². The number of ether oxygens (including phenoxy) is 1. The van der Waals surface area contributed by atoms with Crippen molar-refractivity contribution in [3.05, 3.63) is 34.3 Å². The van der Waals surface area contributed by atoms with Crippen LogP contribution in [0.4, 0.5) is 0 Å². The third-order valence-electron chi connectivity index (χ3n) is 2.09. The Morgan fingerprint density at radius 3 is 2.67 bits per heavy atom. The summed E-state index contributed by atoms with van der Waals surface area (Å²) >= 11 is 3.42. The highest BCUT2D eigenvalue weighted by atomic mass is 79.9. The van der Waals surface area contributed by atoms with Gasteiger partial charge in [-0.3, -0.25) is 0 Å². The molecule has 0 atom stereocenters. The molecule has 0 saturated heterocycles. The largest absolute Gasteiger partial charge is 0.382 e. The normalized spacial score (nSPS) is 10.5. The molecule has 3 heteroatoms. The van der Waals surface area contributed by atoms with E-state index in [0.717, 1.165) is 37.2 Å². The van der Waals surface area contributed by atoms with Crippen LogP contribution in [0.15, 0.2) is 28.7 Å². The van der Waals surface area contributed by atoms with Crippen molar-refractivity contribution in [1.29, 1.82) is 0 Å². The van der Waals surface area contributed by atoms with Crippen molar-refractivity contribution in [3.8, 4) is 0 Å². The summed E-state index contributed by atoms with van der Waals surface area (Å²) in [5, 5.41) is 3.38. The fourth-order valence-electron chi connectivity index (χ4n) is 1.28. The zero-order valence-corrected chi connectivity index (χ0v) is 10.7. The van der Waals surface area contributed by atoms with Crippen LogP contribution in [-0.2, 0) is 11.3 Å². The van der Waals surface area contributed by atoms with E-state index in [1.165, 1.54) is 5.56 Å². The van der Waals surface area contributed by atoms with Gasteiger partial charge in [0.1, 0.15) is 0 Å². The van der Waals surface area contributed by atoms with Crippen molar-refractivity contribution in [2.24, 2.45) is 0 Å². The summed E-state index contributed by atoms with van der Waals surface area (Å²) in [7, 11) is 0. The van der Waals surface area contributed by atoms with Gasteiger partial charge in [-0.05, 0) is 37.6 Å². The molecule has 0 aliphatic rings. The Morgan fingerprint density at radius 1 is 1.27 bits per heavy atom. The maximum Gasteiger partial charge on any atom is 0.0477 e. The second kappa shape index (κ2) is 7.85. The highest BCUT2D eigenvalue weighted by Gasteiger charge is 1.92. The Labute approximate surface area is 100 Å². The molecular formula is C12H18BrNO. The van der Waals surface area contributed by atoms with Gasteiger partial charge in [0.05, 0.1) is 0 Å². The van der Waals surface area contributed by atoms with Gasteiger partial charge in [0.25, 0.3) is 0 Å². The zero-order chi connectivity index (χ0) is 10.9. The molecule has 1 N–H and O–H groups in total. The molecule has 2 nitrogen and oxygen atoms in total. The molecule has 0 bridgehead atoms. The molecular weight excluding hydrogens is 254 g/mol. The average molecular weight is 272 g/mol. The van der Waals surface area contributed by atoms with Crippen LogP contribution in [0.1, 0.15) is 18.9 Å². The Balaban J connectivity index is 2.07. The molecule has 0 spiro atoms. The second-order valence-corrected chi connectivity index (χ2v) is 4.27. The van der Waals surface area contributed by atoms with Crippen molar-refractivity contribution in [2.75, 3.05) is 19.8 Å². The Hall–Kier alpha value is -0.380. The Bertz CT molecular complexity index is 261. The van der Waals surface area contributed by atoms with Crippen LogP contribution in [0.3, 0.4) is 0 Å². The fraction of sp³-hybridized carbons (Fsp3) is 0.500. The van der Waals surface area contributed by atoms with Gasteiger partial charge in [0, 0.05) is 24.2 Å². The minimum Gasteiger partial charge on any atom is -0.382 e. The molecule has 0 aromatic heterocycles. The monoisotopic (exact) mass is 271 g/mol. The number of nitrogens with one attached hydrogen (secondary N) is 1. The van der Waals surface area contributed by atoms with Crippen molar-refractivity contribution < 1.29 is 4.74 Å². The molecule has 0 radical (unpaired) electrons. The van der Waals surface area contributed by atoms with E-state index >= 15 is 0 Å². The van der Waals surface area contributed by atoms with Crippen LogP contribution in [0.2, 0.25) is 0 Å². The summed E-state index contributed by atoms with van der Waals surface area (Å²) in [4.78, 5) is 0. The van der Waals surface area contributed by atoms with Gasteiger partial charge >= 0.3 is 0 Å². The lowest BCUT2D eigenvalue weighted by Gasteiger charge is -2.05. The second-order valence-electron chi connectivity index (χ2n) is 3.35.